The standard InChI is InChI=1S/C20H16F2N2O/c21-15-7-6-14(18(22)11-15)12-24(16-8-9-16)20(25)17-5-1-3-13-4-2-10-23-19(13)17/h1-7,10-11,16H,8-9,12H2. The molecule has 0 N–H and O–H groups in total. The monoisotopic (exact) mass is 338 g/mol. The molecule has 0 aliphatic heterocycles. The van der Waals surface area contributed by atoms with Crippen molar-refractivity contribution in [1.29, 1.82) is 0 Å². The zero-order valence-corrected chi connectivity index (χ0v) is 13.5. The van der Waals surface area contributed by atoms with Crippen LogP contribution in [0.2, 0.25) is 0 Å². The lowest BCUT2D eigenvalue weighted by Gasteiger charge is -2.23. The predicted octanol–water partition coefficient (Wildman–Crippen LogP) is 4.32. The topological polar surface area (TPSA) is 33.2 Å². The van der Waals surface area contributed by atoms with E-state index in [2.05, 4.69) is 4.98 Å². The largest absolute Gasteiger partial charge is 0.331 e. The van der Waals surface area contributed by atoms with Crippen LogP contribution in [0.1, 0.15) is 28.8 Å². The summed E-state index contributed by atoms with van der Waals surface area (Å²) >= 11 is 0. The molecule has 3 nitrogen and oxygen atoms in total. The van der Waals surface area contributed by atoms with E-state index in [0.717, 1.165) is 24.3 Å². The number of benzene rings is 2. The molecule has 1 saturated carbocycles. The smallest absolute Gasteiger partial charge is 0.256 e. The number of halogens is 2. The van der Waals surface area contributed by atoms with Gasteiger partial charge < -0.3 is 4.90 Å². The van der Waals surface area contributed by atoms with E-state index in [0.29, 0.717) is 16.6 Å². The lowest BCUT2D eigenvalue weighted by Crippen LogP contribution is -2.33. The summed E-state index contributed by atoms with van der Waals surface area (Å²) < 4.78 is 27.1. The Bertz CT molecular complexity index is 948. The quantitative estimate of drug-likeness (QED) is 0.710. The van der Waals surface area contributed by atoms with Crippen LogP contribution in [0, 0.1) is 11.6 Å². The summed E-state index contributed by atoms with van der Waals surface area (Å²) in [6.45, 7) is 0.124. The van der Waals surface area contributed by atoms with Crippen molar-refractivity contribution in [2.75, 3.05) is 0 Å². The molecule has 0 spiro atoms. The highest BCUT2D eigenvalue weighted by Crippen LogP contribution is 2.31. The molecule has 1 aliphatic carbocycles. The van der Waals surface area contributed by atoms with Crippen molar-refractivity contribution in [3.63, 3.8) is 0 Å². The minimum atomic E-state index is -0.630. The van der Waals surface area contributed by atoms with E-state index < -0.39 is 11.6 Å². The molecule has 126 valence electrons. The molecule has 1 amide bonds. The molecule has 3 aromatic rings. The molecule has 1 heterocycles. The van der Waals surface area contributed by atoms with Crippen LogP contribution in [-0.4, -0.2) is 21.8 Å². The first-order chi connectivity index (χ1) is 12.1. The molecule has 0 unspecified atom stereocenters. The minimum absolute atomic E-state index is 0.0934. The Kier molecular flexibility index (Phi) is 3.92. The molecule has 0 saturated heterocycles. The Balaban J connectivity index is 1.70. The second-order valence-corrected chi connectivity index (χ2v) is 6.28. The van der Waals surface area contributed by atoms with Crippen LogP contribution in [0.25, 0.3) is 10.9 Å². The molecule has 25 heavy (non-hydrogen) atoms. The normalized spacial score (nSPS) is 13.8. The van der Waals surface area contributed by atoms with Crippen molar-refractivity contribution in [1.82, 2.24) is 9.88 Å². The molecule has 1 fully saturated rings. The zero-order valence-electron chi connectivity index (χ0n) is 13.5. The number of aromatic nitrogens is 1. The Morgan fingerprint density at radius 3 is 2.68 bits per heavy atom. The fourth-order valence-corrected chi connectivity index (χ4v) is 3.02. The van der Waals surface area contributed by atoms with E-state index in [1.54, 1.807) is 17.2 Å². The summed E-state index contributed by atoms with van der Waals surface area (Å²) in [5, 5.41) is 0.886. The van der Waals surface area contributed by atoms with E-state index >= 15 is 0 Å². The lowest BCUT2D eigenvalue weighted by molar-refractivity contribution is 0.0730. The first-order valence-electron chi connectivity index (χ1n) is 8.22. The number of nitrogens with zero attached hydrogens (tertiary/aromatic N) is 2. The number of pyridine rings is 1. The van der Waals surface area contributed by atoms with Gasteiger partial charge in [0.2, 0.25) is 0 Å². The number of hydrogen-bond acceptors (Lipinski definition) is 2. The van der Waals surface area contributed by atoms with E-state index in [1.807, 2.05) is 24.3 Å². The van der Waals surface area contributed by atoms with Gasteiger partial charge >= 0.3 is 0 Å². The maximum atomic E-state index is 14.0. The molecule has 5 heteroatoms. The molecule has 4 rings (SSSR count). The maximum absolute atomic E-state index is 14.0. The maximum Gasteiger partial charge on any atom is 0.256 e. The van der Waals surface area contributed by atoms with Gasteiger partial charge in [-0.3, -0.25) is 9.78 Å². The number of rotatable bonds is 4. The van der Waals surface area contributed by atoms with Gasteiger partial charge in [-0.2, -0.15) is 0 Å². The van der Waals surface area contributed by atoms with Crippen LogP contribution < -0.4 is 0 Å². The van der Waals surface area contributed by atoms with Crippen LogP contribution in [0.3, 0.4) is 0 Å². The van der Waals surface area contributed by atoms with Crippen molar-refractivity contribution in [3.8, 4) is 0 Å². The first-order valence-corrected chi connectivity index (χ1v) is 8.22. The Hall–Kier alpha value is -2.82. The number of hydrogen-bond donors (Lipinski definition) is 0. The number of carbonyl (C=O) groups excluding carboxylic acids is 1. The van der Waals surface area contributed by atoms with Gasteiger partial charge in [-0.15, -0.1) is 0 Å². The highest BCUT2D eigenvalue weighted by molar-refractivity contribution is 6.05. The third-order valence-electron chi connectivity index (χ3n) is 4.47. The van der Waals surface area contributed by atoms with Crippen molar-refractivity contribution < 1.29 is 13.6 Å². The summed E-state index contributed by atoms with van der Waals surface area (Å²) in [6, 6.07) is 12.8. The van der Waals surface area contributed by atoms with E-state index in [4.69, 9.17) is 0 Å². The average Bonchev–Trinajstić information content (AvgIpc) is 3.45. The van der Waals surface area contributed by atoms with E-state index in [-0.39, 0.29) is 18.5 Å². The Labute approximate surface area is 143 Å². The summed E-state index contributed by atoms with van der Waals surface area (Å²) in [6.07, 6.45) is 3.44. The van der Waals surface area contributed by atoms with Gasteiger partial charge in [0.1, 0.15) is 11.6 Å². The van der Waals surface area contributed by atoms with Gasteiger partial charge in [-0.25, -0.2) is 8.78 Å². The summed E-state index contributed by atoms with van der Waals surface area (Å²) in [5.74, 6) is -1.42. The van der Waals surface area contributed by atoms with Gasteiger partial charge in [0.25, 0.3) is 5.91 Å². The van der Waals surface area contributed by atoms with Crippen LogP contribution in [-0.2, 0) is 6.54 Å². The van der Waals surface area contributed by atoms with Crippen LogP contribution in [0.5, 0.6) is 0 Å². The number of amides is 1. The van der Waals surface area contributed by atoms with Crippen molar-refractivity contribution in [2.45, 2.75) is 25.4 Å². The molecular formula is C20H16F2N2O. The van der Waals surface area contributed by atoms with Crippen molar-refractivity contribution in [2.24, 2.45) is 0 Å². The summed E-state index contributed by atoms with van der Waals surface area (Å²) in [7, 11) is 0. The highest BCUT2D eigenvalue weighted by atomic mass is 19.1. The third-order valence-corrected chi connectivity index (χ3v) is 4.47. The molecule has 1 aromatic heterocycles. The molecule has 0 radical (unpaired) electrons. The average molecular weight is 338 g/mol. The second-order valence-electron chi connectivity index (χ2n) is 6.28. The number of fused-ring (bicyclic) bond motifs is 1. The minimum Gasteiger partial charge on any atom is -0.331 e. The zero-order chi connectivity index (χ0) is 17.4. The van der Waals surface area contributed by atoms with E-state index in [9.17, 15) is 13.6 Å². The molecular weight excluding hydrogens is 322 g/mol. The van der Waals surface area contributed by atoms with Crippen molar-refractivity contribution >= 4 is 16.8 Å². The fraction of sp³-hybridized carbons (Fsp3) is 0.200. The molecule has 0 bridgehead atoms. The Morgan fingerprint density at radius 1 is 1.12 bits per heavy atom. The third kappa shape index (κ3) is 3.09. The number of para-hydroxylation sites is 1. The van der Waals surface area contributed by atoms with Gasteiger partial charge in [-0.05, 0) is 31.0 Å². The number of carbonyl (C=O) groups is 1. The molecule has 0 atom stereocenters. The first kappa shape index (κ1) is 15.7. The van der Waals surface area contributed by atoms with Gasteiger partial charge in [0.05, 0.1) is 11.1 Å². The van der Waals surface area contributed by atoms with E-state index in [1.165, 1.54) is 12.1 Å². The van der Waals surface area contributed by atoms with Gasteiger partial charge in [0.15, 0.2) is 0 Å². The lowest BCUT2D eigenvalue weighted by atomic mass is 10.1. The molecule has 1 aliphatic rings. The summed E-state index contributed by atoms with van der Waals surface area (Å²) in [4.78, 5) is 19.1. The SMILES string of the molecule is O=C(c1cccc2cccnc12)N(Cc1ccc(F)cc1F)C1CC1. The highest BCUT2D eigenvalue weighted by Gasteiger charge is 2.34. The van der Waals surface area contributed by atoms with Gasteiger partial charge in [-0.1, -0.05) is 24.3 Å². The Morgan fingerprint density at radius 2 is 1.92 bits per heavy atom. The van der Waals surface area contributed by atoms with Crippen LogP contribution in [0.4, 0.5) is 8.78 Å². The van der Waals surface area contributed by atoms with Crippen LogP contribution >= 0.6 is 0 Å². The second kappa shape index (κ2) is 6.24. The predicted molar refractivity (Wildman–Crippen MR) is 91.0 cm³/mol. The fourth-order valence-electron chi connectivity index (χ4n) is 3.02. The van der Waals surface area contributed by atoms with Gasteiger partial charge in [0, 0.05) is 35.8 Å². The summed E-state index contributed by atoms with van der Waals surface area (Å²) in [5.41, 5.74) is 1.46. The van der Waals surface area contributed by atoms with Crippen molar-refractivity contribution in [3.05, 3.63) is 77.5 Å². The van der Waals surface area contributed by atoms with Crippen LogP contribution in [0.15, 0.2) is 54.7 Å². The molecule has 2 aromatic carbocycles.